The highest BCUT2D eigenvalue weighted by Crippen LogP contribution is 2.31. The van der Waals surface area contributed by atoms with Crippen molar-refractivity contribution < 1.29 is 4.39 Å². The number of nitrogens with zero attached hydrogens (tertiary/aromatic N) is 1. The van der Waals surface area contributed by atoms with Crippen molar-refractivity contribution in [1.82, 2.24) is 0 Å². The molecule has 3 heteroatoms. The summed E-state index contributed by atoms with van der Waals surface area (Å²) in [7, 11) is 0. The van der Waals surface area contributed by atoms with Crippen LogP contribution in [0.15, 0.2) is 35.3 Å². The molecule has 0 saturated carbocycles. The molecule has 0 aliphatic heterocycles. The highest BCUT2D eigenvalue weighted by Gasteiger charge is 2.28. The number of benzene rings is 1. The van der Waals surface area contributed by atoms with E-state index >= 15 is 0 Å². The molecule has 78 valence electrons. The number of rotatable bonds is 3. The van der Waals surface area contributed by atoms with E-state index in [0.29, 0.717) is 12.0 Å². The summed E-state index contributed by atoms with van der Waals surface area (Å²) in [5.41, 5.74) is -0.449. The maximum atomic E-state index is 13.6. The number of allylic oxidation sites excluding steroid dienone is 1. The van der Waals surface area contributed by atoms with Crippen LogP contribution < -0.4 is 0 Å². The molecule has 0 N–H and O–H groups in total. The first-order valence-corrected chi connectivity index (χ1v) is 5.30. The lowest BCUT2D eigenvalue weighted by Crippen LogP contribution is -2.20. The van der Waals surface area contributed by atoms with Crippen LogP contribution in [0.3, 0.4) is 0 Å². The number of hydrogen-bond donors (Lipinski definition) is 0. The summed E-state index contributed by atoms with van der Waals surface area (Å²) in [5, 5.41) is 9.11. The number of halogens is 2. The number of hydrogen-bond acceptors (Lipinski definition) is 1. The van der Waals surface area contributed by atoms with Gasteiger partial charge in [-0.15, -0.1) is 6.58 Å². The van der Waals surface area contributed by atoms with Crippen LogP contribution in [-0.2, 0) is 5.41 Å². The fourth-order valence-electron chi connectivity index (χ4n) is 1.42. The molecule has 0 aliphatic carbocycles. The van der Waals surface area contributed by atoms with E-state index in [1.807, 2.05) is 0 Å². The molecule has 1 nitrogen and oxygen atoms in total. The maximum Gasteiger partial charge on any atom is 0.128 e. The van der Waals surface area contributed by atoms with E-state index in [2.05, 4.69) is 28.6 Å². The first kappa shape index (κ1) is 11.9. The predicted molar refractivity (Wildman–Crippen MR) is 61.9 cm³/mol. The second kappa shape index (κ2) is 4.59. The molecule has 0 bridgehead atoms. The molecule has 0 heterocycles. The molecule has 0 saturated heterocycles. The van der Waals surface area contributed by atoms with Crippen LogP contribution in [0.5, 0.6) is 0 Å². The van der Waals surface area contributed by atoms with E-state index in [4.69, 9.17) is 5.26 Å². The fourth-order valence-corrected chi connectivity index (χ4v) is 1.79. The van der Waals surface area contributed by atoms with Crippen LogP contribution in [0.1, 0.15) is 18.9 Å². The SMILES string of the molecule is C=CCC(C)(C#N)c1cc(Br)ccc1F. The van der Waals surface area contributed by atoms with Gasteiger partial charge in [0.05, 0.1) is 11.5 Å². The van der Waals surface area contributed by atoms with Gasteiger partial charge in [-0.25, -0.2) is 4.39 Å². The van der Waals surface area contributed by atoms with E-state index in [-0.39, 0.29) is 5.82 Å². The molecule has 1 unspecified atom stereocenters. The van der Waals surface area contributed by atoms with Crippen molar-refractivity contribution in [2.24, 2.45) is 0 Å². The van der Waals surface area contributed by atoms with E-state index in [9.17, 15) is 4.39 Å². The van der Waals surface area contributed by atoms with Crippen molar-refractivity contribution in [3.05, 3.63) is 46.7 Å². The van der Waals surface area contributed by atoms with Gasteiger partial charge in [-0.2, -0.15) is 5.26 Å². The summed E-state index contributed by atoms with van der Waals surface area (Å²) in [5.74, 6) is -0.357. The lowest BCUT2D eigenvalue weighted by molar-refractivity contribution is 0.541. The minimum atomic E-state index is -0.852. The summed E-state index contributed by atoms with van der Waals surface area (Å²) in [6.07, 6.45) is 2.06. The molecule has 0 aliphatic rings. The molecule has 0 radical (unpaired) electrons. The highest BCUT2D eigenvalue weighted by atomic mass is 79.9. The lowest BCUT2D eigenvalue weighted by atomic mass is 9.81. The third kappa shape index (κ3) is 2.45. The van der Waals surface area contributed by atoms with E-state index in [1.54, 1.807) is 25.1 Å². The largest absolute Gasteiger partial charge is 0.207 e. The third-order valence-electron chi connectivity index (χ3n) is 2.32. The molecule has 0 aromatic heterocycles. The zero-order valence-electron chi connectivity index (χ0n) is 8.43. The molecule has 1 rings (SSSR count). The lowest BCUT2D eigenvalue weighted by Gasteiger charge is -2.21. The summed E-state index contributed by atoms with van der Waals surface area (Å²) in [6.45, 7) is 5.29. The summed E-state index contributed by atoms with van der Waals surface area (Å²) in [4.78, 5) is 0. The molecule has 1 aromatic rings. The van der Waals surface area contributed by atoms with Crippen molar-refractivity contribution in [2.45, 2.75) is 18.8 Å². The van der Waals surface area contributed by atoms with Crippen molar-refractivity contribution in [1.29, 1.82) is 5.26 Å². The van der Waals surface area contributed by atoms with Crippen LogP contribution in [0, 0.1) is 17.1 Å². The standard InChI is InChI=1S/C12H11BrFN/c1-3-6-12(2,8-15)10-7-9(13)4-5-11(10)14/h3-5,7H,1,6H2,2H3. The highest BCUT2D eigenvalue weighted by molar-refractivity contribution is 9.10. The fraction of sp³-hybridized carbons (Fsp3) is 0.250. The molecule has 0 spiro atoms. The van der Waals surface area contributed by atoms with E-state index in [1.165, 1.54) is 6.07 Å². The second-order valence-corrected chi connectivity index (χ2v) is 4.48. The topological polar surface area (TPSA) is 23.8 Å². The number of nitriles is 1. The van der Waals surface area contributed by atoms with Gasteiger partial charge >= 0.3 is 0 Å². The van der Waals surface area contributed by atoms with Crippen molar-refractivity contribution in [3.63, 3.8) is 0 Å². The van der Waals surface area contributed by atoms with Gasteiger partial charge in [-0.3, -0.25) is 0 Å². The minimum Gasteiger partial charge on any atom is -0.207 e. The molecule has 1 atom stereocenters. The van der Waals surface area contributed by atoms with Crippen molar-refractivity contribution in [2.75, 3.05) is 0 Å². The molecular formula is C12H11BrFN. The Kier molecular flexibility index (Phi) is 3.65. The average Bonchev–Trinajstić information content (AvgIpc) is 2.22. The van der Waals surface area contributed by atoms with Crippen LogP contribution in [0.4, 0.5) is 4.39 Å². The zero-order chi connectivity index (χ0) is 11.5. The molecule has 15 heavy (non-hydrogen) atoms. The predicted octanol–water partition coefficient (Wildman–Crippen LogP) is 3.95. The van der Waals surface area contributed by atoms with E-state index in [0.717, 1.165) is 4.47 Å². The minimum absolute atomic E-state index is 0.357. The summed E-state index contributed by atoms with van der Waals surface area (Å²) in [6, 6.07) is 6.75. The van der Waals surface area contributed by atoms with E-state index < -0.39 is 5.41 Å². The summed E-state index contributed by atoms with van der Waals surface area (Å²) < 4.78 is 14.3. The normalized spacial score (nSPS) is 14.0. The monoisotopic (exact) mass is 267 g/mol. The third-order valence-corrected chi connectivity index (χ3v) is 2.82. The maximum absolute atomic E-state index is 13.6. The van der Waals surface area contributed by atoms with Gasteiger partial charge in [-0.1, -0.05) is 22.0 Å². The van der Waals surface area contributed by atoms with Crippen molar-refractivity contribution in [3.8, 4) is 6.07 Å². The van der Waals surface area contributed by atoms with Crippen LogP contribution in [0.2, 0.25) is 0 Å². The Morgan fingerprint density at radius 1 is 1.67 bits per heavy atom. The van der Waals surface area contributed by atoms with Gasteiger partial charge in [0.1, 0.15) is 5.82 Å². The van der Waals surface area contributed by atoms with Gasteiger partial charge in [0.2, 0.25) is 0 Å². The molecular weight excluding hydrogens is 257 g/mol. The Morgan fingerprint density at radius 2 is 2.33 bits per heavy atom. The second-order valence-electron chi connectivity index (χ2n) is 3.56. The first-order valence-electron chi connectivity index (χ1n) is 4.51. The van der Waals surface area contributed by atoms with Crippen LogP contribution in [-0.4, -0.2) is 0 Å². The quantitative estimate of drug-likeness (QED) is 0.761. The average molecular weight is 268 g/mol. The first-order chi connectivity index (χ1) is 7.03. The Labute approximate surface area is 97.4 Å². The molecule has 0 amide bonds. The van der Waals surface area contributed by atoms with Crippen molar-refractivity contribution >= 4 is 15.9 Å². The van der Waals surface area contributed by atoms with Crippen LogP contribution in [0.25, 0.3) is 0 Å². The van der Waals surface area contributed by atoms with Gasteiger partial charge in [0, 0.05) is 10.0 Å². The van der Waals surface area contributed by atoms with Gasteiger partial charge in [0.25, 0.3) is 0 Å². The van der Waals surface area contributed by atoms with Crippen LogP contribution >= 0.6 is 15.9 Å². The Hall–Kier alpha value is -1.14. The summed E-state index contributed by atoms with van der Waals surface area (Å²) >= 11 is 3.27. The Bertz CT molecular complexity index is 422. The van der Waals surface area contributed by atoms with Gasteiger partial charge in [-0.05, 0) is 31.5 Å². The smallest absolute Gasteiger partial charge is 0.128 e. The molecule has 1 aromatic carbocycles. The van der Waals surface area contributed by atoms with Gasteiger partial charge < -0.3 is 0 Å². The zero-order valence-corrected chi connectivity index (χ0v) is 10.0. The molecule has 0 fully saturated rings. The Balaban J connectivity index is 3.29. The van der Waals surface area contributed by atoms with Gasteiger partial charge in [0.15, 0.2) is 0 Å². The Morgan fingerprint density at radius 3 is 2.87 bits per heavy atom.